The van der Waals surface area contributed by atoms with Crippen molar-refractivity contribution in [3.05, 3.63) is 35.6 Å². The van der Waals surface area contributed by atoms with Gasteiger partial charge in [0.05, 0.1) is 0 Å². The third-order valence-corrected chi connectivity index (χ3v) is 3.77. The van der Waals surface area contributed by atoms with E-state index in [0.29, 0.717) is 6.04 Å². The average molecular weight is 264 g/mol. The van der Waals surface area contributed by atoms with Gasteiger partial charge < -0.3 is 10.2 Å². The number of hydrogen-bond acceptors (Lipinski definition) is 2. The van der Waals surface area contributed by atoms with Gasteiger partial charge in [-0.2, -0.15) is 0 Å². The predicted octanol–water partition coefficient (Wildman–Crippen LogP) is 2.83. The summed E-state index contributed by atoms with van der Waals surface area (Å²) in [5, 5.41) is 3.53. The molecule has 0 radical (unpaired) electrons. The molecule has 1 aromatic carbocycles. The van der Waals surface area contributed by atoms with E-state index in [2.05, 4.69) is 17.1 Å². The van der Waals surface area contributed by atoms with Crippen molar-refractivity contribution in [3.8, 4) is 0 Å². The summed E-state index contributed by atoms with van der Waals surface area (Å²) in [4.78, 5) is 2.54. The van der Waals surface area contributed by atoms with E-state index < -0.39 is 0 Å². The Bertz CT molecular complexity index is 375. The van der Waals surface area contributed by atoms with Crippen LogP contribution >= 0.6 is 0 Å². The fourth-order valence-electron chi connectivity index (χ4n) is 2.75. The van der Waals surface area contributed by atoms with E-state index in [1.165, 1.54) is 45.0 Å². The summed E-state index contributed by atoms with van der Waals surface area (Å²) in [7, 11) is 0. The van der Waals surface area contributed by atoms with E-state index in [-0.39, 0.29) is 5.82 Å². The second-order valence-electron chi connectivity index (χ2n) is 5.59. The van der Waals surface area contributed by atoms with Gasteiger partial charge in [0.1, 0.15) is 5.82 Å². The van der Waals surface area contributed by atoms with Crippen LogP contribution in [-0.4, -0.2) is 37.1 Å². The quantitative estimate of drug-likeness (QED) is 0.762. The Morgan fingerprint density at radius 1 is 1.32 bits per heavy atom. The van der Waals surface area contributed by atoms with Crippen LogP contribution in [0.25, 0.3) is 0 Å². The lowest BCUT2D eigenvalue weighted by molar-refractivity contribution is 0.328. The first-order chi connectivity index (χ1) is 9.24. The third kappa shape index (κ3) is 5.29. The summed E-state index contributed by atoms with van der Waals surface area (Å²) in [6.07, 6.45) is 4.82. The van der Waals surface area contributed by atoms with E-state index in [9.17, 15) is 4.39 Å². The van der Waals surface area contributed by atoms with Gasteiger partial charge in [-0.05, 0) is 76.5 Å². The fourth-order valence-corrected chi connectivity index (χ4v) is 2.75. The Balaban J connectivity index is 1.60. The molecule has 1 saturated heterocycles. The van der Waals surface area contributed by atoms with Crippen LogP contribution in [0.1, 0.15) is 31.7 Å². The normalized spacial score (nSPS) is 17.8. The monoisotopic (exact) mass is 264 g/mol. The SMILES string of the molecule is CC(Cc1cccc(F)c1)NCCCN1CCCC1. The summed E-state index contributed by atoms with van der Waals surface area (Å²) in [6.45, 7) is 6.98. The second-order valence-corrected chi connectivity index (χ2v) is 5.59. The van der Waals surface area contributed by atoms with E-state index >= 15 is 0 Å². The average Bonchev–Trinajstić information content (AvgIpc) is 2.88. The highest BCUT2D eigenvalue weighted by atomic mass is 19.1. The van der Waals surface area contributed by atoms with Gasteiger partial charge in [-0.3, -0.25) is 0 Å². The molecule has 0 aromatic heterocycles. The summed E-state index contributed by atoms with van der Waals surface area (Å²) in [5.41, 5.74) is 1.07. The molecule has 3 heteroatoms. The summed E-state index contributed by atoms with van der Waals surface area (Å²) in [6, 6.07) is 7.30. The lowest BCUT2D eigenvalue weighted by Crippen LogP contribution is -2.31. The van der Waals surface area contributed by atoms with Gasteiger partial charge in [0.2, 0.25) is 0 Å². The number of likely N-dealkylation sites (tertiary alicyclic amines) is 1. The van der Waals surface area contributed by atoms with Crippen molar-refractivity contribution in [1.29, 1.82) is 0 Å². The highest BCUT2D eigenvalue weighted by Crippen LogP contribution is 2.08. The van der Waals surface area contributed by atoms with Crippen molar-refractivity contribution in [1.82, 2.24) is 10.2 Å². The van der Waals surface area contributed by atoms with E-state index in [1.54, 1.807) is 12.1 Å². The predicted molar refractivity (Wildman–Crippen MR) is 77.9 cm³/mol. The Morgan fingerprint density at radius 3 is 2.84 bits per heavy atom. The molecule has 1 aromatic rings. The Morgan fingerprint density at radius 2 is 2.11 bits per heavy atom. The van der Waals surface area contributed by atoms with Crippen LogP contribution in [-0.2, 0) is 6.42 Å². The van der Waals surface area contributed by atoms with Gasteiger partial charge >= 0.3 is 0 Å². The van der Waals surface area contributed by atoms with Gasteiger partial charge in [-0.1, -0.05) is 12.1 Å². The molecule has 0 bridgehead atoms. The summed E-state index contributed by atoms with van der Waals surface area (Å²) >= 11 is 0. The van der Waals surface area contributed by atoms with Gasteiger partial charge in [-0.15, -0.1) is 0 Å². The lowest BCUT2D eigenvalue weighted by Gasteiger charge is -2.17. The first-order valence-corrected chi connectivity index (χ1v) is 7.44. The maximum Gasteiger partial charge on any atom is 0.123 e. The second kappa shape index (κ2) is 7.61. The van der Waals surface area contributed by atoms with Gasteiger partial charge in [-0.25, -0.2) is 4.39 Å². The maximum atomic E-state index is 13.1. The number of nitrogens with zero attached hydrogens (tertiary/aromatic N) is 1. The summed E-state index contributed by atoms with van der Waals surface area (Å²) < 4.78 is 13.1. The van der Waals surface area contributed by atoms with Crippen molar-refractivity contribution in [2.24, 2.45) is 0 Å². The highest BCUT2D eigenvalue weighted by Gasteiger charge is 2.10. The van der Waals surface area contributed by atoms with Crippen molar-refractivity contribution in [3.63, 3.8) is 0 Å². The Kier molecular flexibility index (Phi) is 5.80. The largest absolute Gasteiger partial charge is 0.314 e. The molecule has 1 atom stereocenters. The summed E-state index contributed by atoms with van der Waals surface area (Å²) in [5.74, 6) is -0.140. The van der Waals surface area contributed by atoms with Gasteiger partial charge in [0.25, 0.3) is 0 Å². The van der Waals surface area contributed by atoms with Crippen molar-refractivity contribution in [2.75, 3.05) is 26.2 Å². The Hall–Kier alpha value is -0.930. The van der Waals surface area contributed by atoms with Crippen LogP contribution in [0.4, 0.5) is 4.39 Å². The fraction of sp³-hybridized carbons (Fsp3) is 0.625. The van der Waals surface area contributed by atoms with E-state index in [0.717, 1.165) is 18.5 Å². The van der Waals surface area contributed by atoms with Crippen LogP contribution in [0.5, 0.6) is 0 Å². The van der Waals surface area contributed by atoms with Crippen molar-refractivity contribution in [2.45, 2.75) is 38.6 Å². The van der Waals surface area contributed by atoms with Crippen molar-refractivity contribution < 1.29 is 4.39 Å². The number of halogens is 1. The van der Waals surface area contributed by atoms with Crippen LogP contribution in [0, 0.1) is 5.82 Å². The van der Waals surface area contributed by atoms with Crippen LogP contribution in [0.3, 0.4) is 0 Å². The molecule has 0 saturated carbocycles. The molecule has 1 aliphatic rings. The van der Waals surface area contributed by atoms with Crippen LogP contribution < -0.4 is 5.32 Å². The van der Waals surface area contributed by atoms with Crippen LogP contribution in [0.2, 0.25) is 0 Å². The standard InChI is InChI=1S/C16H25FN2/c1-14(12-15-6-4-7-16(17)13-15)18-8-5-11-19-9-2-3-10-19/h4,6-7,13-14,18H,2-3,5,8-12H2,1H3. The smallest absolute Gasteiger partial charge is 0.123 e. The first-order valence-electron chi connectivity index (χ1n) is 7.44. The minimum Gasteiger partial charge on any atom is -0.314 e. The van der Waals surface area contributed by atoms with Gasteiger partial charge in [0, 0.05) is 6.04 Å². The minimum absolute atomic E-state index is 0.140. The molecular weight excluding hydrogens is 239 g/mol. The molecule has 19 heavy (non-hydrogen) atoms. The zero-order valence-corrected chi connectivity index (χ0v) is 11.9. The topological polar surface area (TPSA) is 15.3 Å². The number of hydrogen-bond donors (Lipinski definition) is 1. The van der Waals surface area contributed by atoms with Crippen molar-refractivity contribution >= 4 is 0 Å². The first kappa shape index (κ1) is 14.5. The minimum atomic E-state index is -0.140. The number of rotatable bonds is 7. The molecule has 1 heterocycles. The number of nitrogens with one attached hydrogen (secondary N) is 1. The molecule has 0 spiro atoms. The molecule has 1 N–H and O–H groups in total. The van der Waals surface area contributed by atoms with Gasteiger partial charge in [0.15, 0.2) is 0 Å². The van der Waals surface area contributed by atoms with E-state index in [4.69, 9.17) is 0 Å². The molecular formula is C16H25FN2. The maximum absolute atomic E-state index is 13.1. The Labute approximate surface area is 116 Å². The molecule has 0 amide bonds. The lowest BCUT2D eigenvalue weighted by atomic mass is 10.1. The zero-order chi connectivity index (χ0) is 13.5. The molecule has 1 aliphatic heterocycles. The molecule has 2 rings (SSSR count). The molecule has 1 fully saturated rings. The number of benzene rings is 1. The highest BCUT2D eigenvalue weighted by molar-refractivity contribution is 5.17. The molecule has 0 aliphatic carbocycles. The molecule has 106 valence electrons. The van der Waals surface area contributed by atoms with Crippen LogP contribution in [0.15, 0.2) is 24.3 Å². The van der Waals surface area contributed by atoms with E-state index in [1.807, 2.05) is 6.07 Å². The third-order valence-electron chi connectivity index (χ3n) is 3.77. The molecule has 2 nitrogen and oxygen atoms in total. The zero-order valence-electron chi connectivity index (χ0n) is 11.9. The molecule has 1 unspecified atom stereocenters.